The number of rotatable bonds is 3. The van der Waals surface area contributed by atoms with Gasteiger partial charge in [0.2, 0.25) is 0 Å². The van der Waals surface area contributed by atoms with Gasteiger partial charge in [-0.25, -0.2) is 0 Å². The van der Waals surface area contributed by atoms with Crippen molar-refractivity contribution in [1.29, 1.82) is 0 Å². The van der Waals surface area contributed by atoms with Gasteiger partial charge in [-0.05, 0) is 37.4 Å². The van der Waals surface area contributed by atoms with E-state index in [2.05, 4.69) is 5.32 Å². The third kappa shape index (κ3) is 2.53. The lowest BCUT2D eigenvalue weighted by Gasteiger charge is -2.36. The van der Waals surface area contributed by atoms with Crippen LogP contribution in [0, 0.1) is 0 Å². The van der Waals surface area contributed by atoms with Gasteiger partial charge in [-0.15, -0.1) is 11.3 Å². The van der Waals surface area contributed by atoms with E-state index in [0.29, 0.717) is 0 Å². The van der Waals surface area contributed by atoms with E-state index >= 15 is 0 Å². The molecule has 0 amide bonds. The zero-order chi connectivity index (χ0) is 10.7. The van der Waals surface area contributed by atoms with Crippen molar-refractivity contribution >= 4 is 22.9 Å². The number of thiophene rings is 1. The van der Waals surface area contributed by atoms with Crippen LogP contribution in [0.15, 0.2) is 11.4 Å². The highest BCUT2D eigenvalue weighted by atomic mass is 35.5. The molecule has 1 saturated heterocycles. The molecule has 1 aromatic heterocycles. The molecule has 1 aliphatic rings. The molecule has 0 aromatic carbocycles. The van der Waals surface area contributed by atoms with Gasteiger partial charge in [0.05, 0.1) is 10.6 Å². The van der Waals surface area contributed by atoms with Crippen molar-refractivity contribution in [3.8, 4) is 0 Å². The number of hydrogen-bond acceptors (Lipinski definition) is 3. The van der Waals surface area contributed by atoms with E-state index in [-0.39, 0.29) is 5.60 Å². The molecule has 1 aromatic rings. The third-order valence-electron chi connectivity index (χ3n) is 3.12. The Morgan fingerprint density at radius 2 is 2.27 bits per heavy atom. The van der Waals surface area contributed by atoms with Crippen LogP contribution in [-0.4, -0.2) is 25.8 Å². The Balaban J connectivity index is 2.10. The normalized spacial score (nSPS) is 20.4. The minimum atomic E-state index is -0.000255. The number of methoxy groups -OCH3 is 1. The summed E-state index contributed by atoms with van der Waals surface area (Å²) in [6.45, 7) is 2.08. The Kier molecular flexibility index (Phi) is 3.67. The maximum absolute atomic E-state index is 6.12. The van der Waals surface area contributed by atoms with Crippen LogP contribution >= 0.6 is 22.9 Å². The van der Waals surface area contributed by atoms with Gasteiger partial charge >= 0.3 is 0 Å². The summed E-state index contributed by atoms with van der Waals surface area (Å²) in [5, 5.41) is 6.29. The van der Waals surface area contributed by atoms with Crippen molar-refractivity contribution in [2.45, 2.75) is 24.9 Å². The molecular formula is C11H16ClNOS. The first kappa shape index (κ1) is 11.4. The first-order chi connectivity index (χ1) is 7.26. The number of hydrogen-bond donors (Lipinski definition) is 1. The average Bonchev–Trinajstić information content (AvgIpc) is 2.66. The Labute approximate surface area is 99.6 Å². The molecule has 2 nitrogen and oxygen atoms in total. The predicted octanol–water partition coefficient (Wildman–Crippen LogP) is 2.71. The monoisotopic (exact) mass is 245 g/mol. The highest BCUT2D eigenvalue weighted by Crippen LogP contribution is 2.32. The van der Waals surface area contributed by atoms with Crippen molar-refractivity contribution in [3.05, 3.63) is 21.3 Å². The second kappa shape index (κ2) is 4.83. The quantitative estimate of drug-likeness (QED) is 0.884. The second-order valence-corrected chi connectivity index (χ2v) is 5.41. The van der Waals surface area contributed by atoms with Crippen LogP contribution in [0.3, 0.4) is 0 Å². The van der Waals surface area contributed by atoms with E-state index in [1.807, 2.05) is 18.6 Å². The van der Waals surface area contributed by atoms with Crippen molar-refractivity contribution in [3.63, 3.8) is 0 Å². The lowest BCUT2D eigenvalue weighted by atomic mass is 9.88. The smallest absolute Gasteiger partial charge is 0.0751 e. The van der Waals surface area contributed by atoms with E-state index in [1.165, 1.54) is 4.88 Å². The minimum Gasteiger partial charge on any atom is -0.378 e. The Morgan fingerprint density at radius 1 is 1.53 bits per heavy atom. The molecule has 0 radical (unpaired) electrons. The number of nitrogens with one attached hydrogen (secondary N) is 1. The lowest BCUT2D eigenvalue weighted by molar-refractivity contribution is -0.0327. The van der Waals surface area contributed by atoms with Gasteiger partial charge < -0.3 is 10.1 Å². The lowest BCUT2D eigenvalue weighted by Crippen LogP contribution is -2.44. The second-order valence-electron chi connectivity index (χ2n) is 4.01. The van der Waals surface area contributed by atoms with E-state index in [9.17, 15) is 0 Å². The van der Waals surface area contributed by atoms with Gasteiger partial charge in [0, 0.05) is 18.4 Å². The largest absolute Gasteiger partial charge is 0.378 e. The van der Waals surface area contributed by atoms with E-state index < -0.39 is 0 Å². The van der Waals surface area contributed by atoms with E-state index in [0.717, 1.165) is 37.4 Å². The molecule has 2 rings (SSSR count). The first-order valence-corrected chi connectivity index (χ1v) is 6.49. The van der Waals surface area contributed by atoms with Crippen LogP contribution in [0.2, 0.25) is 5.02 Å². The van der Waals surface area contributed by atoms with Gasteiger partial charge in [-0.2, -0.15) is 0 Å². The highest BCUT2D eigenvalue weighted by Gasteiger charge is 2.32. The molecule has 0 saturated carbocycles. The number of ether oxygens (including phenoxy) is 1. The topological polar surface area (TPSA) is 21.3 Å². The van der Waals surface area contributed by atoms with E-state index in [4.69, 9.17) is 16.3 Å². The molecule has 2 heterocycles. The standard InChI is InChI=1S/C11H16ClNOS/c1-14-11(3-5-13-6-4-11)8-10-9(12)2-7-15-10/h2,7,13H,3-6,8H2,1H3. The zero-order valence-corrected chi connectivity index (χ0v) is 10.5. The summed E-state index contributed by atoms with van der Waals surface area (Å²) in [7, 11) is 1.81. The van der Waals surface area contributed by atoms with Gasteiger partial charge in [0.25, 0.3) is 0 Å². The summed E-state index contributed by atoms with van der Waals surface area (Å²) in [4.78, 5) is 1.25. The molecule has 15 heavy (non-hydrogen) atoms. The molecule has 0 aliphatic carbocycles. The fourth-order valence-corrected chi connectivity index (χ4v) is 3.31. The van der Waals surface area contributed by atoms with Crippen LogP contribution in [0.25, 0.3) is 0 Å². The molecule has 0 atom stereocenters. The summed E-state index contributed by atoms with van der Waals surface area (Å²) in [5.74, 6) is 0. The van der Waals surface area contributed by atoms with Crippen LogP contribution in [0.5, 0.6) is 0 Å². The van der Waals surface area contributed by atoms with E-state index in [1.54, 1.807) is 11.3 Å². The summed E-state index contributed by atoms with van der Waals surface area (Å²) < 4.78 is 5.72. The Morgan fingerprint density at radius 3 is 2.80 bits per heavy atom. The molecule has 0 bridgehead atoms. The van der Waals surface area contributed by atoms with Crippen molar-refractivity contribution < 1.29 is 4.74 Å². The minimum absolute atomic E-state index is 0.000255. The summed E-state index contributed by atoms with van der Waals surface area (Å²) >= 11 is 7.84. The molecule has 1 fully saturated rings. The molecule has 84 valence electrons. The molecule has 0 unspecified atom stereocenters. The van der Waals surface area contributed by atoms with Crippen LogP contribution in [-0.2, 0) is 11.2 Å². The fraction of sp³-hybridized carbons (Fsp3) is 0.636. The Hall–Kier alpha value is -0.0900. The third-order valence-corrected chi connectivity index (χ3v) is 4.51. The van der Waals surface area contributed by atoms with Crippen molar-refractivity contribution in [2.24, 2.45) is 0 Å². The summed E-state index contributed by atoms with van der Waals surface area (Å²) in [6, 6.07) is 1.96. The van der Waals surface area contributed by atoms with Crippen LogP contribution in [0.4, 0.5) is 0 Å². The maximum Gasteiger partial charge on any atom is 0.0751 e. The van der Waals surface area contributed by atoms with Gasteiger partial charge in [0.15, 0.2) is 0 Å². The first-order valence-electron chi connectivity index (χ1n) is 5.23. The van der Waals surface area contributed by atoms with Gasteiger partial charge in [0.1, 0.15) is 0 Å². The van der Waals surface area contributed by atoms with Crippen LogP contribution in [0.1, 0.15) is 17.7 Å². The molecule has 1 aliphatic heterocycles. The van der Waals surface area contributed by atoms with Crippen molar-refractivity contribution in [2.75, 3.05) is 20.2 Å². The van der Waals surface area contributed by atoms with Crippen molar-refractivity contribution in [1.82, 2.24) is 5.32 Å². The molecule has 1 N–H and O–H groups in total. The highest BCUT2D eigenvalue weighted by molar-refractivity contribution is 7.10. The molecule has 0 spiro atoms. The summed E-state index contributed by atoms with van der Waals surface area (Å²) in [5.41, 5.74) is -0.000255. The molecule has 4 heteroatoms. The molecular weight excluding hydrogens is 230 g/mol. The zero-order valence-electron chi connectivity index (χ0n) is 8.88. The van der Waals surface area contributed by atoms with Crippen LogP contribution < -0.4 is 5.32 Å². The average molecular weight is 246 g/mol. The SMILES string of the molecule is COC1(Cc2sccc2Cl)CCNCC1. The fourth-order valence-electron chi connectivity index (χ4n) is 2.08. The van der Waals surface area contributed by atoms with Gasteiger partial charge in [-0.3, -0.25) is 0 Å². The number of halogens is 1. The maximum atomic E-state index is 6.12. The predicted molar refractivity (Wildman–Crippen MR) is 64.9 cm³/mol. The summed E-state index contributed by atoms with van der Waals surface area (Å²) in [6.07, 6.45) is 3.08. The van der Waals surface area contributed by atoms with Gasteiger partial charge in [-0.1, -0.05) is 11.6 Å². The Bertz CT molecular complexity index is 320. The number of piperidine rings is 1.